The number of hydrogen-bond donors (Lipinski definition) is 0. The number of rotatable bonds is 8. The van der Waals surface area contributed by atoms with Crippen LogP contribution in [0.25, 0.3) is 0 Å². The molecule has 2 heteroatoms. The molecule has 0 aliphatic heterocycles. The van der Waals surface area contributed by atoms with Crippen LogP contribution in [0.15, 0.2) is 42.5 Å². The Kier molecular flexibility index (Phi) is 9.10. The Balaban J connectivity index is 1.22. The van der Waals surface area contributed by atoms with Crippen LogP contribution in [0.4, 0.5) is 4.39 Å². The van der Waals surface area contributed by atoms with E-state index in [9.17, 15) is 4.39 Å². The summed E-state index contributed by atoms with van der Waals surface area (Å²) in [6, 6.07) is 5.72. The van der Waals surface area contributed by atoms with E-state index in [1.54, 1.807) is 6.07 Å². The van der Waals surface area contributed by atoms with Crippen molar-refractivity contribution in [3.8, 4) is 5.75 Å². The molecule has 0 radical (unpaired) electrons. The monoisotopic (exact) mass is 452 g/mol. The number of hydrogen-bond acceptors (Lipinski definition) is 1. The first-order valence-electron chi connectivity index (χ1n) is 13.9. The van der Waals surface area contributed by atoms with Gasteiger partial charge in [0.1, 0.15) is 0 Å². The Labute approximate surface area is 201 Å². The zero-order chi connectivity index (χ0) is 23.0. The summed E-state index contributed by atoms with van der Waals surface area (Å²) in [5.41, 5.74) is 1.16. The standard InChI is InChI=1S/C31H45FO/c1-3-4-24-11-13-27(14-12-24)22-33-31-20-19-29(21-30(31)32)28-17-15-26(16-18-28)10-9-25-7-5-23(2)6-8-25/h9-11,13,19-21,23-28H,3-8,12,14-18,22H2,1-2H3/b10-9+. The molecule has 0 heterocycles. The minimum atomic E-state index is -0.190. The summed E-state index contributed by atoms with van der Waals surface area (Å²) in [5.74, 6) is 4.30. The van der Waals surface area contributed by atoms with Crippen molar-refractivity contribution in [2.75, 3.05) is 6.61 Å². The third-order valence-electron chi connectivity index (χ3n) is 8.59. The molecule has 2 atom stereocenters. The summed E-state index contributed by atoms with van der Waals surface area (Å²) in [5, 5.41) is 0. The second-order valence-corrected chi connectivity index (χ2v) is 11.3. The molecule has 0 spiro atoms. The molecule has 2 unspecified atom stereocenters. The van der Waals surface area contributed by atoms with Crippen molar-refractivity contribution >= 4 is 0 Å². The van der Waals surface area contributed by atoms with Crippen LogP contribution in [0.5, 0.6) is 5.75 Å². The van der Waals surface area contributed by atoms with Crippen molar-refractivity contribution in [3.05, 3.63) is 53.9 Å². The van der Waals surface area contributed by atoms with Gasteiger partial charge in [0.25, 0.3) is 0 Å². The Morgan fingerprint density at radius 2 is 1.48 bits per heavy atom. The highest BCUT2D eigenvalue weighted by Gasteiger charge is 2.23. The second kappa shape index (κ2) is 12.2. The number of halogens is 1. The lowest BCUT2D eigenvalue weighted by Gasteiger charge is -2.28. The van der Waals surface area contributed by atoms with Crippen LogP contribution >= 0.6 is 0 Å². The van der Waals surface area contributed by atoms with E-state index in [0.717, 1.165) is 29.7 Å². The first-order chi connectivity index (χ1) is 16.1. The summed E-state index contributed by atoms with van der Waals surface area (Å²) in [6.45, 7) is 5.22. The van der Waals surface area contributed by atoms with Crippen molar-refractivity contribution in [2.45, 2.75) is 96.8 Å². The predicted molar refractivity (Wildman–Crippen MR) is 137 cm³/mol. The van der Waals surface area contributed by atoms with E-state index >= 15 is 0 Å². The molecule has 1 nitrogen and oxygen atoms in total. The lowest BCUT2D eigenvalue weighted by Crippen LogP contribution is -2.16. The highest BCUT2D eigenvalue weighted by Crippen LogP contribution is 2.38. The van der Waals surface area contributed by atoms with E-state index in [0.29, 0.717) is 30.1 Å². The summed E-state index contributed by atoms with van der Waals surface area (Å²) in [7, 11) is 0. The fourth-order valence-electron chi connectivity index (χ4n) is 6.21. The van der Waals surface area contributed by atoms with Crippen LogP contribution in [-0.4, -0.2) is 6.61 Å². The summed E-state index contributed by atoms with van der Waals surface area (Å²) >= 11 is 0. The zero-order valence-corrected chi connectivity index (χ0v) is 21.0. The normalized spacial score (nSPS) is 32.8. The SMILES string of the molecule is CCCC1C=CC(COc2ccc(C3CCC(/C=C/C4CCC(C)CC4)CC3)cc2F)CC1. The van der Waals surface area contributed by atoms with Gasteiger partial charge in [0, 0.05) is 5.92 Å². The van der Waals surface area contributed by atoms with Gasteiger partial charge in [-0.15, -0.1) is 0 Å². The molecule has 1 aromatic carbocycles. The van der Waals surface area contributed by atoms with Crippen LogP contribution < -0.4 is 4.74 Å². The average Bonchev–Trinajstić information content (AvgIpc) is 2.84. The summed E-state index contributed by atoms with van der Waals surface area (Å²) in [4.78, 5) is 0. The first-order valence-corrected chi connectivity index (χ1v) is 13.9. The molecule has 3 aliphatic carbocycles. The van der Waals surface area contributed by atoms with Gasteiger partial charge in [0.2, 0.25) is 0 Å². The lowest BCUT2D eigenvalue weighted by molar-refractivity contribution is 0.244. The average molecular weight is 453 g/mol. The Bertz CT molecular complexity index is 780. The summed E-state index contributed by atoms with van der Waals surface area (Å²) < 4.78 is 20.7. The van der Waals surface area contributed by atoms with E-state index in [2.05, 4.69) is 44.2 Å². The van der Waals surface area contributed by atoms with Crippen LogP contribution in [-0.2, 0) is 0 Å². The van der Waals surface area contributed by atoms with Crippen LogP contribution in [0, 0.1) is 35.4 Å². The van der Waals surface area contributed by atoms with E-state index in [1.807, 2.05) is 6.07 Å². The van der Waals surface area contributed by atoms with Crippen LogP contribution in [0.2, 0.25) is 0 Å². The quantitative estimate of drug-likeness (QED) is 0.357. The molecule has 0 aromatic heterocycles. The van der Waals surface area contributed by atoms with Gasteiger partial charge >= 0.3 is 0 Å². The second-order valence-electron chi connectivity index (χ2n) is 11.3. The molecule has 33 heavy (non-hydrogen) atoms. The highest BCUT2D eigenvalue weighted by molar-refractivity contribution is 5.31. The van der Waals surface area contributed by atoms with Gasteiger partial charge in [-0.25, -0.2) is 4.39 Å². The van der Waals surface area contributed by atoms with Gasteiger partial charge in [0.05, 0.1) is 6.61 Å². The van der Waals surface area contributed by atoms with E-state index in [4.69, 9.17) is 4.74 Å². The summed E-state index contributed by atoms with van der Waals surface area (Å²) in [6.07, 6.45) is 24.9. The largest absolute Gasteiger partial charge is 0.490 e. The fraction of sp³-hybridized carbons (Fsp3) is 0.677. The van der Waals surface area contributed by atoms with E-state index in [1.165, 1.54) is 70.6 Å². The zero-order valence-electron chi connectivity index (χ0n) is 21.0. The molecule has 3 aliphatic rings. The molecule has 1 aromatic rings. The maximum Gasteiger partial charge on any atom is 0.165 e. The van der Waals surface area contributed by atoms with Crippen molar-refractivity contribution in [1.29, 1.82) is 0 Å². The molecule has 4 rings (SSSR count). The molecule has 182 valence electrons. The molecule has 0 N–H and O–H groups in total. The van der Waals surface area contributed by atoms with Crippen molar-refractivity contribution in [1.82, 2.24) is 0 Å². The predicted octanol–water partition coefficient (Wildman–Crippen LogP) is 9.24. The minimum absolute atomic E-state index is 0.190. The highest BCUT2D eigenvalue weighted by atomic mass is 19.1. The lowest BCUT2D eigenvalue weighted by atomic mass is 9.77. The van der Waals surface area contributed by atoms with E-state index < -0.39 is 0 Å². The first kappa shape index (κ1) is 24.6. The Morgan fingerprint density at radius 3 is 2.09 bits per heavy atom. The van der Waals surface area contributed by atoms with Crippen molar-refractivity contribution < 1.29 is 9.13 Å². The maximum atomic E-state index is 14.8. The number of benzene rings is 1. The van der Waals surface area contributed by atoms with Gasteiger partial charge in [-0.05, 0) is 105 Å². The van der Waals surface area contributed by atoms with Gasteiger partial charge in [0.15, 0.2) is 11.6 Å². The molecular weight excluding hydrogens is 407 g/mol. The topological polar surface area (TPSA) is 9.23 Å². The fourth-order valence-corrected chi connectivity index (χ4v) is 6.21. The van der Waals surface area contributed by atoms with Crippen molar-refractivity contribution in [2.24, 2.45) is 29.6 Å². The molecule has 0 amide bonds. The van der Waals surface area contributed by atoms with Gasteiger partial charge in [-0.1, -0.05) is 63.5 Å². The van der Waals surface area contributed by atoms with E-state index in [-0.39, 0.29) is 5.82 Å². The Hall–Kier alpha value is -1.57. The molecule has 2 fully saturated rings. The van der Waals surface area contributed by atoms with Gasteiger partial charge in [-0.3, -0.25) is 0 Å². The van der Waals surface area contributed by atoms with Gasteiger partial charge in [-0.2, -0.15) is 0 Å². The smallest absolute Gasteiger partial charge is 0.165 e. The van der Waals surface area contributed by atoms with Crippen LogP contribution in [0.1, 0.15) is 102 Å². The molecule has 0 saturated heterocycles. The molecule has 0 bridgehead atoms. The maximum absolute atomic E-state index is 14.8. The van der Waals surface area contributed by atoms with Crippen LogP contribution in [0.3, 0.4) is 0 Å². The van der Waals surface area contributed by atoms with Gasteiger partial charge < -0.3 is 4.74 Å². The minimum Gasteiger partial charge on any atom is -0.490 e. The van der Waals surface area contributed by atoms with Crippen molar-refractivity contribution in [3.63, 3.8) is 0 Å². The Morgan fingerprint density at radius 1 is 0.848 bits per heavy atom. The number of ether oxygens (including phenoxy) is 1. The molecular formula is C31H45FO. The third kappa shape index (κ3) is 7.20. The molecule has 2 saturated carbocycles. The third-order valence-corrected chi connectivity index (χ3v) is 8.59. The number of allylic oxidation sites excluding steroid dienone is 3.